The Hall–Kier alpha value is -2.89. The molecule has 0 atom stereocenters. The number of aromatic nitrogens is 2. The number of unbranched alkanes of at least 4 members (excludes halogenated alkanes) is 5. The molecule has 144 valence electrons. The molecule has 1 heterocycles. The molecule has 0 spiro atoms. The van der Waals surface area contributed by atoms with E-state index in [1.165, 1.54) is 56.5 Å². The van der Waals surface area contributed by atoms with Crippen molar-refractivity contribution >= 4 is 18.0 Å². The van der Waals surface area contributed by atoms with Crippen molar-refractivity contribution < 1.29 is 14.3 Å². The van der Waals surface area contributed by atoms with Crippen molar-refractivity contribution in [3.8, 4) is 5.88 Å². The van der Waals surface area contributed by atoms with Crippen molar-refractivity contribution in [2.24, 2.45) is 5.73 Å². The molecule has 1 aromatic carbocycles. The normalized spacial score (nSPS) is 11.0. The summed E-state index contributed by atoms with van der Waals surface area (Å²) in [4.78, 5) is 29.3. The molecule has 0 aliphatic rings. The molecule has 0 radical (unpaired) electrons. The zero-order valence-electron chi connectivity index (χ0n) is 15.7. The van der Waals surface area contributed by atoms with Crippen LogP contribution in [0.1, 0.15) is 67.1 Å². The summed E-state index contributed by atoms with van der Waals surface area (Å²) >= 11 is 0. The summed E-state index contributed by atoms with van der Waals surface area (Å²) in [6.07, 6.45) is 13.0. The van der Waals surface area contributed by atoms with Gasteiger partial charge in [-0.15, -0.1) is 0 Å². The van der Waals surface area contributed by atoms with E-state index < -0.39 is 11.9 Å². The molecule has 0 fully saturated rings. The number of primary amides is 1. The van der Waals surface area contributed by atoms with Crippen LogP contribution in [0, 0.1) is 0 Å². The molecule has 0 saturated heterocycles. The second kappa shape index (κ2) is 11.0. The van der Waals surface area contributed by atoms with Gasteiger partial charge in [0.25, 0.3) is 11.8 Å². The zero-order chi connectivity index (χ0) is 19.5. The maximum Gasteiger partial charge on any atom is 0.337 e. The van der Waals surface area contributed by atoms with E-state index in [-0.39, 0.29) is 11.6 Å². The van der Waals surface area contributed by atoms with Crippen LogP contribution in [0.3, 0.4) is 0 Å². The summed E-state index contributed by atoms with van der Waals surface area (Å²) in [5.41, 5.74) is 7.33. The number of imidazole rings is 1. The van der Waals surface area contributed by atoms with Crippen molar-refractivity contribution in [1.82, 2.24) is 9.97 Å². The Morgan fingerprint density at radius 2 is 1.81 bits per heavy atom. The highest BCUT2D eigenvalue weighted by Gasteiger charge is 2.14. The smallest absolute Gasteiger partial charge is 0.337 e. The molecule has 0 aliphatic heterocycles. The lowest BCUT2D eigenvalue weighted by atomic mass is 10.0. The van der Waals surface area contributed by atoms with Crippen LogP contribution in [0.25, 0.3) is 6.08 Å². The fourth-order valence-electron chi connectivity index (χ4n) is 2.73. The Bertz CT molecular complexity index is 763. The van der Waals surface area contributed by atoms with Gasteiger partial charge < -0.3 is 15.5 Å². The standard InChI is InChI=1S/C21H27N3O3/c1-2-3-4-5-6-7-8-16-9-11-17(12-10-16)13-14-18(25)27-21-19(20(22)26)23-15-24-21/h9-15H,2-8H2,1H3,(H2,22,26)(H,23,24)/b14-13+. The van der Waals surface area contributed by atoms with Crippen molar-refractivity contribution in [3.63, 3.8) is 0 Å². The number of carbonyl (C=O) groups excluding carboxylic acids is 2. The molecule has 1 amide bonds. The number of nitrogens with zero attached hydrogens (tertiary/aromatic N) is 1. The first-order valence-electron chi connectivity index (χ1n) is 9.42. The Kier molecular flexibility index (Phi) is 8.29. The van der Waals surface area contributed by atoms with Gasteiger partial charge in [0.2, 0.25) is 0 Å². The highest BCUT2D eigenvalue weighted by atomic mass is 16.5. The molecule has 2 rings (SSSR count). The van der Waals surface area contributed by atoms with E-state index >= 15 is 0 Å². The van der Waals surface area contributed by atoms with Gasteiger partial charge in [-0.25, -0.2) is 9.78 Å². The lowest BCUT2D eigenvalue weighted by Crippen LogP contribution is -2.14. The molecule has 0 saturated carbocycles. The highest BCUT2D eigenvalue weighted by Crippen LogP contribution is 2.14. The van der Waals surface area contributed by atoms with E-state index in [1.807, 2.05) is 12.1 Å². The van der Waals surface area contributed by atoms with Gasteiger partial charge in [0.15, 0.2) is 5.69 Å². The number of aromatic amines is 1. The third-order valence-corrected chi connectivity index (χ3v) is 4.26. The average molecular weight is 369 g/mol. The number of hydrogen-bond donors (Lipinski definition) is 2. The molecule has 0 bridgehead atoms. The first-order chi connectivity index (χ1) is 13.1. The maximum absolute atomic E-state index is 11.9. The van der Waals surface area contributed by atoms with Crippen molar-refractivity contribution in [2.75, 3.05) is 0 Å². The number of esters is 1. The quantitative estimate of drug-likeness (QED) is 0.355. The molecule has 0 unspecified atom stereocenters. The molecule has 3 N–H and O–H groups in total. The van der Waals surface area contributed by atoms with Crippen LogP contribution in [-0.2, 0) is 11.2 Å². The predicted octanol–water partition coefficient (Wildman–Crippen LogP) is 4.03. The third kappa shape index (κ3) is 7.09. The van der Waals surface area contributed by atoms with Crippen LogP contribution >= 0.6 is 0 Å². The molecule has 1 aromatic heterocycles. The Morgan fingerprint density at radius 1 is 1.11 bits per heavy atom. The first kappa shape index (κ1) is 20.4. The van der Waals surface area contributed by atoms with Crippen LogP contribution < -0.4 is 10.5 Å². The average Bonchev–Trinajstić information content (AvgIpc) is 3.12. The number of benzene rings is 1. The number of hydrogen-bond acceptors (Lipinski definition) is 4. The molecule has 27 heavy (non-hydrogen) atoms. The SMILES string of the molecule is CCCCCCCCc1ccc(/C=C/C(=O)Oc2nc[nH]c2C(N)=O)cc1. The Labute approximate surface area is 159 Å². The number of rotatable bonds is 11. The van der Waals surface area contributed by atoms with Crippen molar-refractivity contribution in [2.45, 2.75) is 51.9 Å². The fraction of sp³-hybridized carbons (Fsp3) is 0.381. The maximum atomic E-state index is 11.9. The second-order valence-corrected chi connectivity index (χ2v) is 6.46. The van der Waals surface area contributed by atoms with Gasteiger partial charge in [-0.1, -0.05) is 63.3 Å². The summed E-state index contributed by atoms with van der Waals surface area (Å²) < 4.78 is 5.02. The van der Waals surface area contributed by atoms with Gasteiger partial charge in [0, 0.05) is 6.08 Å². The summed E-state index contributed by atoms with van der Waals surface area (Å²) in [6.45, 7) is 2.23. The monoisotopic (exact) mass is 369 g/mol. The largest absolute Gasteiger partial charge is 0.402 e. The van der Waals surface area contributed by atoms with Gasteiger partial charge in [-0.2, -0.15) is 0 Å². The van der Waals surface area contributed by atoms with E-state index in [1.54, 1.807) is 6.08 Å². The lowest BCUT2D eigenvalue weighted by molar-refractivity contribution is -0.129. The molecule has 2 aromatic rings. The molecule has 6 heteroatoms. The van der Waals surface area contributed by atoms with E-state index in [9.17, 15) is 9.59 Å². The van der Waals surface area contributed by atoms with E-state index in [0.717, 1.165) is 12.0 Å². The van der Waals surface area contributed by atoms with Gasteiger partial charge in [-0.05, 0) is 30.0 Å². The summed E-state index contributed by atoms with van der Waals surface area (Å²) in [6, 6.07) is 8.10. The predicted molar refractivity (Wildman–Crippen MR) is 105 cm³/mol. The van der Waals surface area contributed by atoms with Crippen molar-refractivity contribution in [1.29, 1.82) is 0 Å². The van der Waals surface area contributed by atoms with Gasteiger partial charge in [0.05, 0.1) is 6.33 Å². The molecule has 6 nitrogen and oxygen atoms in total. The summed E-state index contributed by atoms with van der Waals surface area (Å²) in [5.74, 6) is -1.48. The van der Waals surface area contributed by atoms with Crippen molar-refractivity contribution in [3.05, 3.63) is 53.5 Å². The van der Waals surface area contributed by atoms with Crippen LogP contribution in [0.15, 0.2) is 36.7 Å². The fourth-order valence-corrected chi connectivity index (χ4v) is 2.73. The number of H-pyrrole nitrogens is 1. The number of nitrogens with two attached hydrogens (primary N) is 1. The van der Waals surface area contributed by atoms with E-state index in [0.29, 0.717) is 0 Å². The third-order valence-electron chi connectivity index (χ3n) is 4.26. The second-order valence-electron chi connectivity index (χ2n) is 6.46. The Morgan fingerprint density at radius 3 is 2.52 bits per heavy atom. The minimum absolute atomic E-state index is 0.0317. The highest BCUT2D eigenvalue weighted by molar-refractivity contribution is 5.95. The van der Waals surface area contributed by atoms with Crippen LogP contribution in [-0.4, -0.2) is 21.8 Å². The molecular formula is C21H27N3O3. The van der Waals surface area contributed by atoms with Crippen LogP contribution in [0.5, 0.6) is 5.88 Å². The van der Waals surface area contributed by atoms with Gasteiger partial charge in [0.1, 0.15) is 0 Å². The lowest BCUT2D eigenvalue weighted by Gasteiger charge is -2.03. The molecular weight excluding hydrogens is 342 g/mol. The number of amides is 1. The van der Waals surface area contributed by atoms with Gasteiger partial charge >= 0.3 is 5.97 Å². The summed E-state index contributed by atoms with van der Waals surface area (Å²) in [7, 11) is 0. The van der Waals surface area contributed by atoms with Crippen LogP contribution in [0.2, 0.25) is 0 Å². The number of carbonyl (C=O) groups is 2. The minimum Gasteiger partial charge on any atom is -0.402 e. The zero-order valence-corrected chi connectivity index (χ0v) is 15.7. The Balaban J connectivity index is 1.78. The first-order valence-corrected chi connectivity index (χ1v) is 9.42. The topological polar surface area (TPSA) is 98.1 Å². The minimum atomic E-state index is -0.736. The number of aryl methyl sites for hydroxylation is 1. The molecule has 0 aliphatic carbocycles. The number of ether oxygens (including phenoxy) is 1. The summed E-state index contributed by atoms with van der Waals surface area (Å²) in [5, 5.41) is 0. The van der Waals surface area contributed by atoms with Crippen LogP contribution in [0.4, 0.5) is 0 Å². The number of nitrogens with one attached hydrogen (secondary N) is 1. The van der Waals surface area contributed by atoms with E-state index in [4.69, 9.17) is 10.5 Å². The van der Waals surface area contributed by atoms with Gasteiger partial charge in [-0.3, -0.25) is 4.79 Å². The van der Waals surface area contributed by atoms with E-state index in [2.05, 4.69) is 29.0 Å².